The summed E-state index contributed by atoms with van der Waals surface area (Å²) in [6.07, 6.45) is 0. The van der Waals surface area contributed by atoms with Crippen LogP contribution in [0.5, 0.6) is 11.5 Å². The fourth-order valence-electron chi connectivity index (χ4n) is 2.91. The number of carbonyl (C=O) groups excluding carboxylic acids is 2. The number of hydrogen-bond donors (Lipinski definition) is 3. The number of thiazole rings is 1. The maximum absolute atomic E-state index is 12.7. The van der Waals surface area contributed by atoms with Crippen LogP contribution in [0.4, 0.5) is 21.3 Å². The Hall–Kier alpha value is -3.88. The van der Waals surface area contributed by atoms with Gasteiger partial charge in [0.2, 0.25) is 0 Å². The Balaban J connectivity index is 1.36. The van der Waals surface area contributed by atoms with Crippen LogP contribution in [-0.2, 0) is 0 Å². The molecule has 0 atom stereocenters. The molecule has 3 amide bonds. The van der Waals surface area contributed by atoms with Crippen LogP contribution >= 0.6 is 22.9 Å². The topological polar surface area (TPSA) is 92.4 Å². The lowest BCUT2D eigenvalue weighted by molar-refractivity contribution is 0.102. The second-order valence-corrected chi connectivity index (χ2v) is 8.35. The quantitative estimate of drug-likeness (QED) is 0.284. The van der Waals surface area contributed by atoms with Gasteiger partial charge in [-0.25, -0.2) is 9.78 Å². The van der Waals surface area contributed by atoms with Crippen molar-refractivity contribution in [2.45, 2.75) is 6.92 Å². The van der Waals surface area contributed by atoms with E-state index < -0.39 is 6.03 Å². The molecule has 1 heterocycles. The lowest BCUT2D eigenvalue weighted by Crippen LogP contribution is -2.19. The first kappa shape index (κ1) is 22.3. The molecule has 0 radical (unpaired) electrons. The average Bonchev–Trinajstić information content (AvgIpc) is 3.15. The second kappa shape index (κ2) is 10.2. The summed E-state index contributed by atoms with van der Waals surface area (Å²) in [6, 6.07) is 22.8. The van der Waals surface area contributed by atoms with E-state index in [4.69, 9.17) is 16.3 Å². The van der Waals surface area contributed by atoms with Crippen molar-refractivity contribution in [3.63, 3.8) is 0 Å². The van der Waals surface area contributed by atoms with Crippen LogP contribution in [0, 0.1) is 6.92 Å². The van der Waals surface area contributed by atoms with E-state index in [0.29, 0.717) is 37.8 Å². The van der Waals surface area contributed by atoms with Crippen LogP contribution in [0.1, 0.15) is 15.4 Å². The fourth-order valence-corrected chi connectivity index (χ4v) is 3.95. The van der Waals surface area contributed by atoms with Gasteiger partial charge >= 0.3 is 6.03 Å². The van der Waals surface area contributed by atoms with Crippen LogP contribution in [0.15, 0.2) is 78.9 Å². The summed E-state index contributed by atoms with van der Waals surface area (Å²) in [6.45, 7) is 1.71. The van der Waals surface area contributed by atoms with Gasteiger partial charge in [0.15, 0.2) is 5.13 Å². The van der Waals surface area contributed by atoms with Crippen LogP contribution in [0.3, 0.4) is 0 Å². The Kier molecular flexibility index (Phi) is 6.87. The summed E-state index contributed by atoms with van der Waals surface area (Å²) < 4.78 is 5.76. The lowest BCUT2D eigenvalue weighted by atomic mass is 10.3. The maximum atomic E-state index is 12.7. The molecule has 4 rings (SSSR count). The van der Waals surface area contributed by atoms with Gasteiger partial charge in [-0.3, -0.25) is 10.1 Å². The third-order valence-corrected chi connectivity index (χ3v) is 5.70. The Morgan fingerprint density at radius 3 is 2.30 bits per heavy atom. The highest BCUT2D eigenvalue weighted by Gasteiger charge is 2.17. The highest BCUT2D eigenvalue weighted by molar-refractivity contribution is 7.17. The number of amides is 3. The van der Waals surface area contributed by atoms with Gasteiger partial charge < -0.3 is 15.4 Å². The van der Waals surface area contributed by atoms with Gasteiger partial charge in [-0.15, -0.1) is 0 Å². The van der Waals surface area contributed by atoms with E-state index in [2.05, 4.69) is 20.9 Å². The first-order valence-electron chi connectivity index (χ1n) is 9.91. The lowest BCUT2D eigenvalue weighted by Gasteiger charge is -2.07. The average molecular weight is 479 g/mol. The molecule has 9 heteroatoms. The number of benzene rings is 3. The van der Waals surface area contributed by atoms with Crippen LogP contribution < -0.4 is 20.7 Å². The number of rotatable bonds is 6. The van der Waals surface area contributed by atoms with Gasteiger partial charge in [0.1, 0.15) is 16.4 Å². The smallest absolute Gasteiger partial charge is 0.325 e. The summed E-state index contributed by atoms with van der Waals surface area (Å²) in [5.41, 5.74) is 1.67. The Morgan fingerprint density at radius 1 is 0.848 bits per heavy atom. The molecule has 0 unspecified atom stereocenters. The minimum atomic E-state index is -0.480. The molecule has 33 heavy (non-hydrogen) atoms. The van der Waals surface area contributed by atoms with Crippen molar-refractivity contribution < 1.29 is 14.3 Å². The first-order valence-corrected chi connectivity index (χ1v) is 11.1. The number of ether oxygens (including phenoxy) is 1. The van der Waals surface area contributed by atoms with Gasteiger partial charge in [-0.05, 0) is 61.5 Å². The summed E-state index contributed by atoms with van der Waals surface area (Å²) in [7, 11) is 0. The van der Waals surface area contributed by atoms with E-state index in [1.54, 1.807) is 55.5 Å². The van der Waals surface area contributed by atoms with E-state index >= 15 is 0 Å². The molecule has 0 aliphatic carbocycles. The van der Waals surface area contributed by atoms with E-state index in [1.807, 2.05) is 30.3 Å². The second-order valence-electron chi connectivity index (χ2n) is 6.92. The fraction of sp³-hybridized carbons (Fsp3) is 0.0417. The zero-order valence-electron chi connectivity index (χ0n) is 17.5. The van der Waals surface area contributed by atoms with Crippen LogP contribution in [-0.4, -0.2) is 16.9 Å². The molecule has 3 N–H and O–H groups in total. The number of nitrogens with zero attached hydrogens (tertiary/aromatic N) is 1. The maximum Gasteiger partial charge on any atom is 0.325 e. The Morgan fingerprint density at radius 2 is 1.58 bits per heavy atom. The number of halogens is 1. The SMILES string of the molecule is Cc1nc(NC(=O)Nc2cccc(Cl)c2)sc1C(=O)Nc1ccc(Oc2ccccc2)cc1. The molecule has 4 aromatic rings. The van der Waals surface area contributed by atoms with Crippen molar-refractivity contribution in [1.29, 1.82) is 0 Å². The predicted octanol–water partition coefficient (Wildman–Crippen LogP) is 6.79. The molecule has 166 valence electrons. The van der Waals surface area contributed by atoms with Gasteiger partial charge in [-0.2, -0.15) is 0 Å². The molecule has 0 saturated carbocycles. The summed E-state index contributed by atoms with van der Waals surface area (Å²) in [5.74, 6) is 1.07. The van der Waals surface area contributed by atoms with Gasteiger partial charge in [0.05, 0.1) is 5.69 Å². The van der Waals surface area contributed by atoms with E-state index in [1.165, 1.54) is 0 Å². The molecular formula is C24H19ClN4O3S. The largest absolute Gasteiger partial charge is 0.457 e. The van der Waals surface area contributed by atoms with Crippen LogP contribution in [0.2, 0.25) is 5.02 Å². The normalized spacial score (nSPS) is 10.4. The standard InChI is InChI=1S/C24H19ClN4O3S/c1-15-21(33-24(26-15)29-23(31)28-18-7-5-6-16(25)14-18)22(30)27-17-10-12-20(13-11-17)32-19-8-3-2-4-9-19/h2-14H,1H3,(H,27,30)(H2,26,28,29,31). The number of anilines is 3. The minimum absolute atomic E-state index is 0.309. The Labute approximate surface area is 199 Å². The van der Waals surface area contributed by atoms with Gasteiger partial charge in [0.25, 0.3) is 5.91 Å². The summed E-state index contributed by atoms with van der Waals surface area (Å²) in [5, 5.41) is 8.97. The highest BCUT2D eigenvalue weighted by atomic mass is 35.5. The summed E-state index contributed by atoms with van der Waals surface area (Å²) >= 11 is 7.01. The van der Waals surface area contributed by atoms with Crippen molar-refractivity contribution in [2.75, 3.05) is 16.0 Å². The minimum Gasteiger partial charge on any atom is -0.457 e. The van der Waals surface area contributed by atoms with E-state index in [-0.39, 0.29) is 5.91 Å². The molecule has 1 aromatic heterocycles. The Bertz CT molecular complexity index is 1280. The molecule has 0 aliphatic heterocycles. The molecule has 3 aromatic carbocycles. The van der Waals surface area contributed by atoms with Crippen molar-refractivity contribution >= 4 is 51.4 Å². The van der Waals surface area contributed by atoms with Crippen molar-refractivity contribution in [3.05, 3.63) is 94.5 Å². The summed E-state index contributed by atoms with van der Waals surface area (Å²) in [4.78, 5) is 29.6. The van der Waals surface area contributed by atoms with Crippen LogP contribution in [0.25, 0.3) is 0 Å². The molecular weight excluding hydrogens is 460 g/mol. The molecule has 0 spiro atoms. The van der Waals surface area contributed by atoms with Gasteiger partial charge in [-0.1, -0.05) is 47.2 Å². The van der Waals surface area contributed by atoms with Crippen molar-refractivity contribution in [1.82, 2.24) is 4.98 Å². The van der Waals surface area contributed by atoms with E-state index in [9.17, 15) is 9.59 Å². The zero-order chi connectivity index (χ0) is 23.2. The third kappa shape index (κ3) is 6.09. The monoisotopic (exact) mass is 478 g/mol. The molecule has 0 bridgehead atoms. The van der Waals surface area contributed by atoms with Crippen molar-refractivity contribution in [2.24, 2.45) is 0 Å². The number of aryl methyl sites for hydroxylation is 1. The number of carbonyl (C=O) groups is 2. The number of urea groups is 1. The zero-order valence-corrected chi connectivity index (χ0v) is 19.0. The third-order valence-electron chi connectivity index (χ3n) is 4.40. The molecule has 7 nitrogen and oxygen atoms in total. The van der Waals surface area contributed by atoms with Crippen molar-refractivity contribution in [3.8, 4) is 11.5 Å². The molecule has 0 fully saturated rings. The molecule has 0 aliphatic rings. The van der Waals surface area contributed by atoms with E-state index in [0.717, 1.165) is 17.1 Å². The van der Waals surface area contributed by atoms with Gasteiger partial charge in [0, 0.05) is 16.4 Å². The molecule has 0 saturated heterocycles. The predicted molar refractivity (Wildman–Crippen MR) is 132 cm³/mol. The first-order chi connectivity index (χ1) is 16.0. The highest BCUT2D eigenvalue weighted by Crippen LogP contribution is 2.26. The number of aromatic nitrogens is 1. The number of para-hydroxylation sites is 1. The number of nitrogens with one attached hydrogen (secondary N) is 3. The number of hydrogen-bond acceptors (Lipinski definition) is 5.